The molecule has 1 aliphatic rings. The molecular formula is C15H19NO5. The van der Waals surface area contributed by atoms with Gasteiger partial charge in [-0.15, -0.1) is 0 Å². The Morgan fingerprint density at radius 2 is 2.14 bits per heavy atom. The fraction of sp³-hybridized carbons (Fsp3) is 0.467. The Balaban J connectivity index is 1.98. The Morgan fingerprint density at radius 1 is 1.38 bits per heavy atom. The van der Waals surface area contributed by atoms with Crippen molar-refractivity contribution in [3.63, 3.8) is 0 Å². The van der Waals surface area contributed by atoms with E-state index in [1.165, 1.54) is 0 Å². The van der Waals surface area contributed by atoms with Crippen molar-refractivity contribution in [3.05, 3.63) is 29.8 Å². The van der Waals surface area contributed by atoms with Crippen LogP contribution in [0.25, 0.3) is 0 Å². The first-order valence-corrected chi connectivity index (χ1v) is 6.87. The van der Waals surface area contributed by atoms with Crippen molar-refractivity contribution in [3.8, 4) is 5.75 Å². The third kappa shape index (κ3) is 4.46. The first-order chi connectivity index (χ1) is 10.1. The van der Waals surface area contributed by atoms with E-state index in [2.05, 4.69) is 5.32 Å². The van der Waals surface area contributed by atoms with Crippen LogP contribution in [0.1, 0.15) is 23.2 Å². The van der Waals surface area contributed by atoms with Crippen LogP contribution < -0.4 is 10.1 Å². The first-order valence-electron chi connectivity index (χ1n) is 6.87. The normalized spacial score (nSPS) is 15.3. The van der Waals surface area contributed by atoms with Crippen LogP contribution >= 0.6 is 0 Å². The maximum Gasteiger partial charge on any atom is 0.326 e. The molecule has 114 valence electrons. The molecule has 1 atom stereocenters. The molecule has 1 aromatic carbocycles. The Hall–Kier alpha value is -2.08. The number of aliphatic carboxylic acids is 1. The molecular weight excluding hydrogens is 274 g/mol. The summed E-state index contributed by atoms with van der Waals surface area (Å²) < 4.78 is 10.3. The van der Waals surface area contributed by atoms with E-state index in [1.807, 2.05) is 0 Å². The Kier molecular flexibility index (Phi) is 5.16. The molecule has 1 amide bonds. The number of rotatable bonds is 8. The van der Waals surface area contributed by atoms with Crippen LogP contribution in [0.4, 0.5) is 0 Å². The van der Waals surface area contributed by atoms with Gasteiger partial charge in [-0.05, 0) is 37.0 Å². The lowest BCUT2D eigenvalue weighted by atomic mass is 10.1. The molecule has 0 radical (unpaired) electrons. The second-order valence-electron chi connectivity index (χ2n) is 5.00. The topological polar surface area (TPSA) is 84.9 Å². The fourth-order valence-corrected chi connectivity index (χ4v) is 2.01. The van der Waals surface area contributed by atoms with Gasteiger partial charge in [0.05, 0.1) is 6.61 Å². The molecule has 0 aliphatic heterocycles. The van der Waals surface area contributed by atoms with E-state index < -0.39 is 17.9 Å². The van der Waals surface area contributed by atoms with Gasteiger partial charge in [0.25, 0.3) is 5.91 Å². The number of carbonyl (C=O) groups is 2. The average Bonchev–Trinajstić information content (AvgIpc) is 3.29. The van der Waals surface area contributed by atoms with E-state index in [-0.39, 0.29) is 5.92 Å². The standard InChI is InChI=1S/C15H19NO5/c1-20-7-8-21-12-4-2-3-11(9-12)14(17)16-13(15(18)19)10-5-6-10/h2-4,9-10,13H,5-8H2,1H3,(H,16,17)(H,18,19). The largest absolute Gasteiger partial charge is 0.491 e. The lowest BCUT2D eigenvalue weighted by Gasteiger charge is -2.14. The molecule has 0 spiro atoms. The molecule has 0 aromatic heterocycles. The van der Waals surface area contributed by atoms with Crippen LogP contribution in [0.15, 0.2) is 24.3 Å². The molecule has 1 saturated carbocycles. The number of carboxylic acid groups (broad SMARTS) is 1. The highest BCUT2D eigenvalue weighted by molar-refractivity contribution is 5.97. The van der Waals surface area contributed by atoms with Crippen LogP contribution in [0.3, 0.4) is 0 Å². The highest BCUT2D eigenvalue weighted by atomic mass is 16.5. The average molecular weight is 293 g/mol. The molecule has 1 aliphatic carbocycles. The fourth-order valence-electron chi connectivity index (χ4n) is 2.01. The summed E-state index contributed by atoms with van der Waals surface area (Å²) >= 11 is 0. The van der Waals surface area contributed by atoms with E-state index >= 15 is 0 Å². The summed E-state index contributed by atoms with van der Waals surface area (Å²) in [5, 5.41) is 11.7. The minimum atomic E-state index is -0.988. The summed E-state index contributed by atoms with van der Waals surface area (Å²) in [6.07, 6.45) is 1.69. The van der Waals surface area contributed by atoms with Crippen molar-refractivity contribution < 1.29 is 24.2 Å². The highest BCUT2D eigenvalue weighted by Crippen LogP contribution is 2.32. The third-order valence-electron chi connectivity index (χ3n) is 3.30. The van der Waals surface area contributed by atoms with Gasteiger partial charge in [0.2, 0.25) is 0 Å². The van der Waals surface area contributed by atoms with Gasteiger partial charge in [0, 0.05) is 12.7 Å². The summed E-state index contributed by atoms with van der Waals surface area (Å²) in [5.74, 6) is -0.782. The van der Waals surface area contributed by atoms with Gasteiger partial charge >= 0.3 is 5.97 Å². The summed E-state index contributed by atoms with van der Waals surface area (Å²) in [7, 11) is 1.58. The molecule has 1 unspecified atom stereocenters. The third-order valence-corrected chi connectivity index (χ3v) is 3.30. The van der Waals surface area contributed by atoms with Gasteiger partial charge in [-0.3, -0.25) is 4.79 Å². The minimum absolute atomic E-state index is 0.0487. The molecule has 1 fully saturated rings. The number of hydrogen-bond acceptors (Lipinski definition) is 4. The van der Waals surface area contributed by atoms with Crippen molar-refractivity contribution >= 4 is 11.9 Å². The van der Waals surface area contributed by atoms with E-state index in [4.69, 9.17) is 14.6 Å². The lowest BCUT2D eigenvalue weighted by molar-refractivity contribution is -0.139. The molecule has 6 heteroatoms. The van der Waals surface area contributed by atoms with Crippen LogP contribution in [-0.4, -0.2) is 43.3 Å². The van der Waals surface area contributed by atoms with E-state index in [0.717, 1.165) is 12.8 Å². The summed E-state index contributed by atoms with van der Waals surface area (Å²) in [4.78, 5) is 23.3. The molecule has 21 heavy (non-hydrogen) atoms. The van der Waals surface area contributed by atoms with Crippen molar-refractivity contribution in [2.24, 2.45) is 5.92 Å². The van der Waals surface area contributed by atoms with Crippen molar-refractivity contribution in [1.82, 2.24) is 5.32 Å². The second-order valence-corrected chi connectivity index (χ2v) is 5.00. The zero-order valence-corrected chi connectivity index (χ0v) is 11.9. The SMILES string of the molecule is COCCOc1cccc(C(=O)NC(C(=O)O)C2CC2)c1. The van der Waals surface area contributed by atoms with E-state index in [1.54, 1.807) is 31.4 Å². The highest BCUT2D eigenvalue weighted by Gasteiger charge is 2.37. The smallest absolute Gasteiger partial charge is 0.326 e. The van der Waals surface area contributed by atoms with Crippen LogP contribution in [-0.2, 0) is 9.53 Å². The Morgan fingerprint density at radius 3 is 2.76 bits per heavy atom. The predicted molar refractivity (Wildman–Crippen MR) is 75.4 cm³/mol. The number of carboxylic acids is 1. The van der Waals surface area contributed by atoms with Crippen LogP contribution in [0.2, 0.25) is 0 Å². The maximum absolute atomic E-state index is 12.1. The number of amides is 1. The van der Waals surface area contributed by atoms with Crippen LogP contribution in [0, 0.1) is 5.92 Å². The van der Waals surface area contributed by atoms with Crippen LogP contribution in [0.5, 0.6) is 5.75 Å². The summed E-state index contributed by atoms with van der Waals surface area (Å²) in [6, 6.07) is 5.85. The maximum atomic E-state index is 12.1. The Bertz CT molecular complexity index is 513. The van der Waals surface area contributed by atoms with Gasteiger partial charge in [0.15, 0.2) is 0 Å². The van der Waals surface area contributed by atoms with E-state index in [9.17, 15) is 9.59 Å². The number of nitrogens with one attached hydrogen (secondary N) is 1. The van der Waals surface area contributed by atoms with Gasteiger partial charge in [-0.2, -0.15) is 0 Å². The molecule has 0 bridgehead atoms. The van der Waals surface area contributed by atoms with Crippen molar-refractivity contribution in [1.29, 1.82) is 0 Å². The van der Waals surface area contributed by atoms with Crippen molar-refractivity contribution in [2.75, 3.05) is 20.3 Å². The number of carbonyl (C=O) groups excluding carboxylic acids is 1. The zero-order chi connectivity index (χ0) is 15.2. The first kappa shape index (κ1) is 15.3. The molecule has 2 rings (SSSR count). The molecule has 2 N–H and O–H groups in total. The van der Waals surface area contributed by atoms with Gasteiger partial charge in [-0.1, -0.05) is 6.07 Å². The minimum Gasteiger partial charge on any atom is -0.491 e. The number of methoxy groups -OCH3 is 1. The monoisotopic (exact) mass is 293 g/mol. The zero-order valence-electron chi connectivity index (χ0n) is 11.9. The van der Waals surface area contributed by atoms with E-state index in [0.29, 0.717) is 24.5 Å². The molecule has 6 nitrogen and oxygen atoms in total. The second kappa shape index (κ2) is 7.08. The number of ether oxygens (including phenoxy) is 2. The Labute approximate surface area is 123 Å². The van der Waals surface area contributed by atoms with Gasteiger partial charge in [0.1, 0.15) is 18.4 Å². The summed E-state index contributed by atoms with van der Waals surface area (Å²) in [5.41, 5.74) is 0.386. The van der Waals surface area contributed by atoms with Crippen molar-refractivity contribution in [2.45, 2.75) is 18.9 Å². The van der Waals surface area contributed by atoms with Gasteiger partial charge < -0.3 is 19.9 Å². The van der Waals surface area contributed by atoms with Gasteiger partial charge in [-0.25, -0.2) is 4.79 Å². The number of benzene rings is 1. The molecule has 1 aromatic rings. The lowest BCUT2D eigenvalue weighted by Crippen LogP contribution is -2.42. The quantitative estimate of drug-likeness (QED) is 0.706. The molecule has 0 heterocycles. The molecule has 0 saturated heterocycles. The number of hydrogen-bond donors (Lipinski definition) is 2. The predicted octanol–water partition coefficient (Wildman–Crippen LogP) is 1.30. The summed E-state index contributed by atoms with van der Waals surface area (Å²) in [6.45, 7) is 0.848.